The van der Waals surface area contributed by atoms with Crippen LogP contribution in [0.3, 0.4) is 0 Å². The zero-order valence-corrected chi connectivity index (χ0v) is 17.8. The topological polar surface area (TPSA) is 66.5 Å². The first-order chi connectivity index (χ1) is 12.6. The van der Waals surface area contributed by atoms with Gasteiger partial charge in [0.25, 0.3) is 0 Å². The number of carbonyl (C=O) groups is 1. The third-order valence-electron chi connectivity index (χ3n) is 3.58. The Morgan fingerprint density at radius 3 is 2.19 bits per heavy atom. The smallest absolute Gasteiger partial charge is 0.243 e. The number of carbonyl (C=O) groups excluding carboxylic acids is 1. The predicted octanol–water partition coefficient (Wildman–Crippen LogP) is 4.36. The van der Waals surface area contributed by atoms with Crippen LogP contribution in [0.5, 0.6) is 0 Å². The second kappa shape index (κ2) is 9.26. The number of hydrogen-bond donors (Lipinski definition) is 1. The Morgan fingerprint density at radius 1 is 1.04 bits per heavy atom. The van der Waals surface area contributed by atoms with Crippen molar-refractivity contribution >= 4 is 50.7 Å². The summed E-state index contributed by atoms with van der Waals surface area (Å²) in [6, 6.07) is 10.4. The first-order valence-corrected chi connectivity index (χ1v) is 10.7. The Balaban J connectivity index is 2.39. The van der Waals surface area contributed by atoms with Crippen LogP contribution < -0.4 is 5.32 Å². The molecule has 0 unspecified atom stereocenters. The molecule has 9 heteroatoms. The summed E-state index contributed by atoms with van der Waals surface area (Å²) in [5, 5.41) is 3.87. The molecule has 0 saturated carbocycles. The summed E-state index contributed by atoms with van der Waals surface area (Å²) in [7, 11) is -3.95. The van der Waals surface area contributed by atoms with E-state index in [1.165, 1.54) is 30.3 Å². The minimum absolute atomic E-state index is 0.0364. The van der Waals surface area contributed by atoms with E-state index in [-0.39, 0.29) is 24.0 Å². The summed E-state index contributed by atoms with van der Waals surface area (Å²) in [4.78, 5) is 12.3. The van der Waals surface area contributed by atoms with Gasteiger partial charge in [0.1, 0.15) is 0 Å². The Hall–Kier alpha value is -1.31. The number of hydrogen-bond acceptors (Lipinski definition) is 3. The summed E-state index contributed by atoms with van der Waals surface area (Å²) < 4.78 is 27.2. The van der Waals surface area contributed by atoms with Crippen molar-refractivity contribution in [3.8, 4) is 0 Å². The third-order valence-corrected chi connectivity index (χ3v) is 6.23. The number of amides is 1. The lowest BCUT2D eigenvalue weighted by Gasteiger charge is -2.23. The van der Waals surface area contributed by atoms with Crippen LogP contribution >= 0.6 is 34.8 Å². The zero-order chi connectivity index (χ0) is 20.2. The molecule has 0 bridgehead atoms. The molecule has 1 amide bonds. The number of rotatable bonds is 7. The summed E-state index contributed by atoms with van der Waals surface area (Å²) in [6.45, 7) is 3.17. The van der Waals surface area contributed by atoms with E-state index < -0.39 is 15.9 Å². The third kappa shape index (κ3) is 6.09. The molecule has 5 nitrogen and oxygen atoms in total. The molecule has 0 heterocycles. The van der Waals surface area contributed by atoms with Gasteiger partial charge < -0.3 is 5.32 Å². The lowest BCUT2D eigenvalue weighted by atomic mass is 10.2. The molecule has 0 aliphatic carbocycles. The fourth-order valence-corrected chi connectivity index (χ4v) is 4.32. The zero-order valence-electron chi connectivity index (χ0n) is 14.7. The van der Waals surface area contributed by atoms with Crippen molar-refractivity contribution in [1.29, 1.82) is 0 Å². The van der Waals surface area contributed by atoms with E-state index in [0.717, 1.165) is 4.31 Å². The van der Waals surface area contributed by atoms with Crippen LogP contribution in [0.1, 0.15) is 19.4 Å². The van der Waals surface area contributed by atoms with E-state index in [1.807, 2.05) is 0 Å². The average molecular weight is 450 g/mol. The molecule has 0 aromatic heterocycles. The van der Waals surface area contributed by atoms with Crippen LogP contribution in [0.25, 0.3) is 0 Å². The molecule has 0 spiro atoms. The average Bonchev–Trinajstić information content (AvgIpc) is 2.56. The fraction of sp³-hybridized carbons (Fsp3) is 0.278. The summed E-state index contributed by atoms with van der Waals surface area (Å²) >= 11 is 17.9. The van der Waals surface area contributed by atoms with Crippen LogP contribution in [0, 0.1) is 0 Å². The van der Waals surface area contributed by atoms with Gasteiger partial charge in [-0.25, -0.2) is 8.42 Å². The number of nitrogens with one attached hydrogen (secondary N) is 1. The number of halogens is 3. The molecule has 1 N–H and O–H groups in total. The Bertz CT molecular complexity index is 916. The maximum Gasteiger partial charge on any atom is 0.243 e. The van der Waals surface area contributed by atoms with E-state index in [0.29, 0.717) is 20.6 Å². The molecule has 27 heavy (non-hydrogen) atoms. The predicted molar refractivity (Wildman–Crippen MR) is 109 cm³/mol. The van der Waals surface area contributed by atoms with Crippen LogP contribution in [0.2, 0.25) is 15.1 Å². The van der Waals surface area contributed by atoms with Gasteiger partial charge in [-0.3, -0.25) is 4.79 Å². The van der Waals surface area contributed by atoms with Crippen molar-refractivity contribution in [2.45, 2.75) is 31.3 Å². The lowest BCUT2D eigenvalue weighted by Crippen LogP contribution is -2.42. The van der Waals surface area contributed by atoms with Gasteiger partial charge in [0, 0.05) is 27.7 Å². The summed E-state index contributed by atoms with van der Waals surface area (Å²) in [5.41, 5.74) is 0.538. The van der Waals surface area contributed by atoms with Crippen molar-refractivity contribution in [3.05, 3.63) is 63.1 Å². The van der Waals surface area contributed by atoms with E-state index in [9.17, 15) is 13.2 Å². The maximum atomic E-state index is 13.1. The standard InChI is InChI=1S/C18H19Cl3N2O3S/c1-12(2)22-18(24)11-23(10-13-3-4-15(20)9-17(13)21)27(25,26)16-7-5-14(19)6-8-16/h3-9,12H,10-11H2,1-2H3,(H,22,24). The number of sulfonamides is 1. The van der Waals surface area contributed by atoms with Crippen LogP contribution in [0.4, 0.5) is 0 Å². The van der Waals surface area contributed by atoms with Crippen molar-refractivity contribution in [2.75, 3.05) is 6.54 Å². The minimum Gasteiger partial charge on any atom is -0.353 e. The molecule has 0 radical (unpaired) electrons. The van der Waals surface area contributed by atoms with E-state index in [4.69, 9.17) is 34.8 Å². The molecule has 0 fully saturated rings. The molecule has 146 valence electrons. The molecular weight excluding hydrogens is 431 g/mol. The molecule has 0 atom stereocenters. The Morgan fingerprint density at radius 2 is 1.63 bits per heavy atom. The molecule has 2 aromatic carbocycles. The van der Waals surface area contributed by atoms with Gasteiger partial charge in [0.15, 0.2) is 0 Å². The van der Waals surface area contributed by atoms with Gasteiger partial charge in [-0.15, -0.1) is 0 Å². The highest BCUT2D eigenvalue weighted by Crippen LogP contribution is 2.25. The van der Waals surface area contributed by atoms with Crippen molar-refractivity contribution in [2.24, 2.45) is 0 Å². The molecular formula is C18H19Cl3N2O3S. The van der Waals surface area contributed by atoms with Gasteiger partial charge in [-0.1, -0.05) is 40.9 Å². The Kier molecular flexibility index (Phi) is 7.54. The SMILES string of the molecule is CC(C)NC(=O)CN(Cc1ccc(Cl)cc1Cl)S(=O)(=O)c1ccc(Cl)cc1. The minimum atomic E-state index is -3.95. The lowest BCUT2D eigenvalue weighted by molar-refractivity contribution is -0.121. The molecule has 0 saturated heterocycles. The summed E-state index contributed by atoms with van der Waals surface area (Å²) in [5.74, 6) is -0.410. The first kappa shape index (κ1) is 22.0. The Labute approximate surface area is 174 Å². The van der Waals surface area contributed by atoms with E-state index in [1.54, 1.807) is 26.0 Å². The largest absolute Gasteiger partial charge is 0.353 e. The molecule has 2 aromatic rings. The van der Waals surface area contributed by atoms with Crippen molar-refractivity contribution in [1.82, 2.24) is 9.62 Å². The molecule has 0 aliphatic rings. The van der Waals surface area contributed by atoms with E-state index in [2.05, 4.69) is 5.32 Å². The number of nitrogens with zero attached hydrogens (tertiary/aromatic N) is 1. The normalized spacial score (nSPS) is 11.8. The number of benzene rings is 2. The van der Waals surface area contributed by atoms with Crippen molar-refractivity contribution in [3.63, 3.8) is 0 Å². The van der Waals surface area contributed by atoms with E-state index >= 15 is 0 Å². The molecule has 2 rings (SSSR count). The van der Waals surface area contributed by atoms with Gasteiger partial charge in [-0.2, -0.15) is 4.31 Å². The van der Waals surface area contributed by atoms with Gasteiger partial charge in [-0.05, 0) is 55.8 Å². The van der Waals surface area contributed by atoms with Crippen LogP contribution in [-0.2, 0) is 21.4 Å². The van der Waals surface area contributed by atoms with Gasteiger partial charge in [0.2, 0.25) is 15.9 Å². The second-order valence-electron chi connectivity index (χ2n) is 6.18. The highest BCUT2D eigenvalue weighted by molar-refractivity contribution is 7.89. The maximum absolute atomic E-state index is 13.1. The van der Waals surface area contributed by atoms with Crippen LogP contribution in [-0.4, -0.2) is 31.2 Å². The van der Waals surface area contributed by atoms with Gasteiger partial charge >= 0.3 is 0 Å². The van der Waals surface area contributed by atoms with Gasteiger partial charge in [0.05, 0.1) is 11.4 Å². The second-order valence-corrected chi connectivity index (χ2v) is 9.40. The van der Waals surface area contributed by atoms with Crippen molar-refractivity contribution < 1.29 is 13.2 Å². The molecule has 0 aliphatic heterocycles. The highest BCUT2D eigenvalue weighted by atomic mass is 35.5. The quantitative estimate of drug-likeness (QED) is 0.683. The fourth-order valence-electron chi connectivity index (χ4n) is 2.35. The highest BCUT2D eigenvalue weighted by Gasteiger charge is 2.27. The summed E-state index contributed by atoms with van der Waals surface area (Å²) in [6.07, 6.45) is 0. The first-order valence-electron chi connectivity index (χ1n) is 8.08. The van der Waals surface area contributed by atoms with Crippen LogP contribution in [0.15, 0.2) is 47.4 Å². The monoisotopic (exact) mass is 448 g/mol.